The second-order valence-electron chi connectivity index (χ2n) is 4.49. The highest BCUT2D eigenvalue weighted by Crippen LogP contribution is 2.03. The molecule has 1 amide bonds. The topological polar surface area (TPSA) is 56.1 Å². The maximum absolute atomic E-state index is 11.6. The van der Waals surface area contributed by atoms with Crippen LogP contribution in [0.5, 0.6) is 0 Å². The molecular formula is C14H19N3O. The molecule has 0 heterocycles. The van der Waals surface area contributed by atoms with Crippen LogP contribution >= 0.6 is 0 Å². The van der Waals surface area contributed by atoms with Crippen LogP contribution in [0.25, 0.3) is 0 Å². The standard InChI is InChI=1S/C14H19N3O/c1-17(2)9-3-8-16-14(18)10-12-4-6-13(11-15)7-5-12/h4-7H,3,8-10H2,1-2H3,(H,16,18). The highest BCUT2D eigenvalue weighted by atomic mass is 16.1. The van der Waals surface area contributed by atoms with Crippen LogP contribution in [0.1, 0.15) is 17.5 Å². The van der Waals surface area contributed by atoms with Gasteiger partial charge in [-0.05, 0) is 44.8 Å². The predicted octanol–water partition coefficient (Wildman–Crippen LogP) is 1.17. The van der Waals surface area contributed by atoms with E-state index in [4.69, 9.17) is 5.26 Å². The zero-order valence-electron chi connectivity index (χ0n) is 10.9. The molecule has 0 aromatic heterocycles. The summed E-state index contributed by atoms with van der Waals surface area (Å²) >= 11 is 0. The maximum atomic E-state index is 11.6. The molecule has 0 saturated carbocycles. The highest BCUT2D eigenvalue weighted by molar-refractivity contribution is 5.78. The average Bonchev–Trinajstić information content (AvgIpc) is 2.35. The fourth-order valence-corrected chi connectivity index (χ4v) is 1.57. The van der Waals surface area contributed by atoms with E-state index in [-0.39, 0.29) is 5.91 Å². The minimum absolute atomic E-state index is 0.0264. The van der Waals surface area contributed by atoms with Gasteiger partial charge in [0.25, 0.3) is 0 Å². The number of amides is 1. The monoisotopic (exact) mass is 245 g/mol. The quantitative estimate of drug-likeness (QED) is 0.765. The molecule has 96 valence electrons. The number of nitrogens with zero attached hydrogens (tertiary/aromatic N) is 2. The van der Waals surface area contributed by atoms with Gasteiger partial charge in [0.05, 0.1) is 18.1 Å². The van der Waals surface area contributed by atoms with Gasteiger partial charge in [-0.25, -0.2) is 0 Å². The summed E-state index contributed by atoms with van der Waals surface area (Å²) in [6.07, 6.45) is 1.32. The first-order valence-electron chi connectivity index (χ1n) is 6.02. The average molecular weight is 245 g/mol. The second-order valence-corrected chi connectivity index (χ2v) is 4.49. The lowest BCUT2D eigenvalue weighted by Gasteiger charge is -2.09. The van der Waals surface area contributed by atoms with Gasteiger partial charge in [0.2, 0.25) is 5.91 Å². The minimum atomic E-state index is 0.0264. The van der Waals surface area contributed by atoms with Gasteiger partial charge in [-0.1, -0.05) is 12.1 Å². The third-order valence-electron chi connectivity index (χ3n) is 2.55. The molecule has 0 bridgehead atoms. The lowest BCUT2D eigenvalue weighted by atomic mass is 10.1. The predicted molar refractivity (Wildman–Crippen MR) is 71.0 cm³/mol. The molecule has 1 N–H and O–H groups in total. The molecule has 0 fully saturated rings. The van der Waals surface area contributed by atoms with Crippen molar-refractivity contribution in [3.63, 3.8) is 0 Å². The lowest BCUT2D eigenvalue weighted by Crippen LogP contribution is -2.28. The maximum Gasteiger partial charge on any atom is 0.224 e. The molecule has 1 aromatic carbocycles. The summed E-state index contributed by atoms with van der Waals surface area (Å²) in [6, 6.07) is 9.15. The number of hydrogen-bond donors (Lipinski definition) is 1. The first kappa shape index (κ1) is 14.2. The number of benzene rings is 1. The number of carbonyl (C=O) groups excluding carboxylic acids is 1. The summed E-state index contributed by atoms with van der Waals surface area (Å²) in [5.74, 6) is 0.0264. The van der Waals surface area contributed by atoms with Gasteiger partial charge >= 0.3 is 0 Å². The van der Waals surface area contributed by atoms with Crippen molar-refractivity contribution in [2.24, 2.45) is 0 Å². The van der Waals surface area contributed by atoms with Crippen molar-refractivity contribution in [2.75, 3.05) is 27.2 Å². The van der Waals surface area contributed by atoms with Crippen molar-refractivity contribution in [1.29, 1.82) is 5.26 Å². The molecule has 0 radical (unpaired) electrons. The highest BCUT2D eigenvalue weighted by Gasteiger charge is 2.02. The molecule has 1 aromatic rings. The van der Waals surface area contributed by atoms with E-state index in [0.29, 0.717) is 18.5 Å². The Balaban J connectivity index is 2.29. The summed E-state index contributed by atoms with van der Waals surface area (Å²) in [7, 11) is 4.02. The van der Waals surface area contributed by atoms with Gasteiger partial charge in [0.1, 0.15) is 0 Å². The number of carbonyl (C=O) groups is 1. The van der Waals surface area contributed by atoms with Crippen molar-refractivity contribution >= 4 is 5.91 Å². The third-order valence-corrected chi connectivity index (χ3v) is 2.55. The summed E-state index contributed by atoms with van der Waals surface area (Å²) < 4.78 is 0. The molecule has 0 unspecified atom stereocenters. The van der Waals surface area contributed by atoms with Gasteiger partial charge < -0.3 is 10.2 Å². The Morgan fingerprint density at radius 2 is 2.00 bits per heavy atom. The number of hydrogen-bond acceptors (Lipinski definition) is 3. The van der Waals surface area contributed by atoms with E-state index >= 15 is 0 Å². The van der Waals surface area contributed by atoms with Crippen LogP contribution in [0, 0.1) is 11.3 Å². The molecular weight excluding hydrogens is 226 g/mol. The number of nitriles is 1. The number of nitrogens with one attached hydrogen (secondary N) is 1. The molecule has 18 heavy (non-hydrogen) atoms. The van der Waals surface area contributed by atoms with Crippen LogP contribution in [0.15, 0.2) is 24.3 Å². The largest absolute Gasteiger partial charge is 0.356 e. The van der Waals surface area contributed by atoms with E-state index in [9.17, 15) is 4.79 Å². The SMILES string of the molecule is CN(C)CCCNC(=O)Cc1ccc(C#N)cc1. The third kappa shape index (κ3) is 5.46. The smallest absolute Gasteiger partial charge is 0.224 e. The Morgan fingerprint density at radius 3 is 2.56 bits per heavy atom. The zero-order chi connectivity index (χ0) is 13.4. The Kier molecular flexibility index (Phi) is 5.89. The fraction of sp³-hybridized carbons (Fsp3) is 0.429. The Hall–Kier alpha value is -1.86. The molecule has 4 heteroatoms. The van der Waals surface area contributed by atoms with E-state index in [1.54, 1.807) is 12.1 Å². The van der Waals surface area contributed by atoms with E-state index in [1.165, 1.54) is 0 Å². The van der Waals surface area contributed by atoms with Crippen LogP contribution in [0.2, 0.25) is 0 Å². The number of rotatable bonds is 6. The van der Waals surface area contributed by atoms with Gasteiger partial charge in [-0.2, -0.15) is 5.26 Å². The van der Waals surface area contributed by atoms with Gasteiger partial charge in [0, 0.05) is 6.54 Å². The molecule has 0 saturated heterocycles. The molecule has 0 aliphatic rings. The molecule has 0 aliphatic carbocycles. The van der Waals surface area contributed by atoms with Crippen molar-refractivity contribution < 1.29 is 4.79 Å². The first-order valence-corrected chi connectivity index (χ1v) is 6.02. The van der Waals surface area contributed by atoms with Crippen molar-refractivity contribution in [2.45, 2.75) is 12.8 Å². The molecule has 1 rings (SSSR count). The van der Waals surface area contributed by atoms with Crippen LogP contribution in [-0.4, -0.2) is 38.0 Å². The van der Waals surface area contributed by atoms with Crippen molar-refractivity contribution in [3.05, 3.63) is 35.4 Å². The normalized spacial score (nSPS) is 10.1. The summed E-state index contributed by atoms with van der Waals surface area (Å²) in [5.41, 5.74) is 1.55. The van der Waals surface area contributed by atoms with E-state index in [2.05, 4.69) is 16.3 Å². The molecule has 0 atom stereocenters. The second kappa shape index (κ2) is 7.46. The zero-order valence-corrected chi connectivity index (χ0v) is 10.9. The molecule has 0 spiro atoms. The van der Waals surface area contributed by atoms with E-state index < -0.39 is 0 Å². The van der Waals surface area contributed by atoms with Crippen LogP contribution in [0.4, 0.5) is 0 Å². The van der Waals surface area contributed by atoms with Gasteiger partial charge in [0.15, 0.2) is 0 Å². The lowest BCUT2D eigenvalue weighted by molar-refractivity contribution is -0.120. The molecule has 0 aliphatic heterocycles. The molecule has 4 nitrogen and oxygen atoms in total. The Labute approximate surface area is 108 Å². The van der Waals surface area contributed by atoms with Gasteiger partial charge in [-0.3, -0.25) is 4.79 Å². The van der Waals surface area contributed by atoms with Crippen molar-refractivity contribution in [3.8, 4) is 6.07 Å². The van der Waals surface area contributed by atoms with E-state index in [1.807, 2.05) is 26.2 Å². The van der Waals surface area contributed by atoms with Crippen LogP contribution in [-0.2, 0) is 11.2 Å². The van der Waals surface area contributed by atoms with E-state index in [0.717, 1.165) is 18.5 Å². The van der Waals surface area contributed by atoms with Crippen LogP contribution < -0.4 is 5.32 Å². The van der Waals surface area contributed by atoms with Crippen molar-refractivity contribution in [1.82, 2.24) is 10.2 Å². The minimum Gasteiger partial charge on any atom is -0.356 e. The fourth-order valence-electron chi connectivity index (χ4n) is 1.57. The summed E-state index contributed by atoms with van der Waals surface area (Å²) in [4.78, 5) is 13.7. The van der Waals surface area contributed by atoms with Gasteiger partial charge in [-0.15, -0.1) is 0 Å². The van der Waals surface area contributed by atoms with Crippen LogP contribution in [0.3, 0.4) is 0 Å². The summed E-state index contributed by atoms with van der Waals surface area (Å²) in [6.45, 7) is 1.67. The Bertz CT molecular complexity index is 418. The first-order chi connectivity index (χ1) is 8.61. The Morgan fingerprint density at radius 1 is 1.33 bits per heavy atom. The summed E-state index contributed by atoms with van der Waals surface area (Å²) in [5, 5.41) is 11.5.